The van der Waals surface area contributed by atoms with Crippen molar-refractivity contribution in [2.45, 2.75) is 12.6 Å². The SMILES string of the molecule is FC(F)c1cnc(C(F)(F)F)c(Cl)c1. The molecule has 0 saturated carbocycles. The van der Waals surface area contributed by atoms with Crippen molar-refractivity contribution in [3.05, 3.63) is 28.5 Å². The van der Waals surface area contributed by atoms with Crippen LogP contribution in [0.5, 0.6) is 0 Å². The van der Waals surface area contributed by atoms with Crippen LogP contribution in [-0.4, -0.2) is 4.98 Å². The van der Waals surface area contributed by atoms with Crippen molar-refractivity contribution in [3.8, 4) is 0 Å². The van der Waals surface area contributed by atoms with Gasteiger partial charge in [0.05, 0.1) is 5.02 Å². The molecule has 1 aromatic heterocycles. The molecule has 0 N–H and O–H groups in total. The molecule has 78 valence electrons. The average molecular weight is 232 g/mol. The standard InChI is InChI=1S/C7H3ClF5N/c8-4-1-3(6(9)10)2-14-5(4)7(11,12)13/h1-2,6H. The Bertz CT molecular complexity index is 335. The molecule has 1 heterocycles. The first kappa shape index (κ1) is 11.2. The van der Waals surface area contributed by atoms with Crippen LogP contribution < -0.4 is 0 Å². The lowest BCUT2D eigenvalue weighted by molar-refractivity contribution is -0.141. The molecule has 0 saturated heterocycles. The molecule has 0 fully saturated rings. The first-order valence-electron chi connectivity index (χ1n) is 3.33. The Hall–Kier alpha value is -0.910. The van der Waals surface area contributed by atoms with Gasteiger partial charge in [-0.2, -0.15) is 13.2 Å². The maximum absolute atomic E-state index is 12.0. The van der Waals surface area contributed by atoms with Crippen molar-refractivity contribution in [1.82, 2.24) is 4.98 Å². The van der Waals surface area contributed by atoms with Gasteiger partial charge in [0, 0.05) is 11.8 Å². The van der Waals surface area contributed by atoms with E-state index in [0.717, 1.165) is 0 Å². The van der Waals surface area contributed by atoms with Gasteiger partial charge in [-0.3, -0.25) is 0 Å². The topological polar surface area (TPSA) is 12.9 Å². The molecular formula is C7H3ClF5N. The van der Waals surface area contributed by atoms with Crippen LogP contribution in [0.25, 0.3) is 0 Å². The molecule has 0 aromatic carbocycles. The van der Waals surface area contributed by atoms with Crippen LogP contribution in [0.4, 0.5) is 22.0 Å². The number of nitrogens with zero attached hydrogens (tertiary/aromatic N) is 1. The molecule has 0 atom stereocenters. The summed E-state index contributed by atoms with van der Waals surface area (Å²) in [5.41, 5.74) is -1.99. The Labute approximate surface area is 80.5 Å². The van der Waals surface area contributed by atoms with Crippen LogP contribution in [0, 0.1) is 0 Å². The molecule has 0 bridgehead atoms. The predicted octanol–water partition coefficient (Wildman–Crippen LogP) is 3.69. The van der Waals surface area contributed by atoms with E-state index in [4.69, 9.17) is 11.6 Å². The smallest absolute Gasteiger partial charge is 0.250 e. The molecule has 0 aliphatic heterocycles. The van der Waals surface area contributed by atoms with Gasteiger partial charge < -0.3 is 0 Å². The average Bonchev–Trinajstić information content (AvgIpc) is 2.01. The fraction of sp³-hybridized carbons (Fsp3) is 0.286. The van der Waals surface area contributed by atoms with Crippen molar-refractivity contribution in [1.29, 1.82) is 0 Å². The molecule has 0 unspecified atom stereocenters. The van der Waals surface area contributed by atoms with E-state index in [1.165, 1.54) is 0 Å². The minimum absolute atomic E-state index is 0.458. The second-order valence-electron chi connectivity index (χ2n) is 2.40. The van der Waals surface area contributed by atoms with E-state index in [9.17, 15) is 22.0 Å². The zero-order valence-corrected chi connectivity index (χ0v) is 7.20. The summed E-state index contributed by atoms with van der Waals surface area (Å²) in [4.78, 5) is 2.83. The number of aromatic nitrogens is 1. The quantitative estimate of drug-likeness (QED) is 0.672. The van der Waals surface area contributed by atoms with Gasteiger partial charge in [0.25, 0.3) is 6.43 Å². The summed E-state index contributed by atoms with van der Waals surface area (Å²) in [7, 11) is 0. The maximum Gasteiger partial charge on any atom is 0.434 e. The third-order valence-electron chi connectivity index (χ3n) is 1.38. The van der Waals surface area contributed by atoms with Crippen LogP contribution in [0.2, 0.25) is 5.02 Å². The molecule has 0 aliphatic carbocycles. The second kappa shape index (κ2) is 3.68. The van der Waals surface area contributed by atoms with Gasteiger partial charge >= 0.3 is 6.18 Å². The molecule has 1 rings (SSSR count). The highest BCUT2D eigenvalue weighted by Gasteiger charge is 2.35. The summed E-state index contributed by atoms with van der Waals surface area (Å²) in [5, 5.41) is -0.824. The molecule has 0 radical (unpaired) electrons. The third-order valence-corrected chi connectivity index (χ3v) is 1.67. The number of hydrogen-bond acceptors (Lipinski definition) is 1. The lowest BCUT2D eigenvalue weighted by Crippen LogP contribution is -2.09. The zero-order valence-electron chi connectivity index (χ0n) is 6.45. The molecule has 0 aliphatic rings. The maximum atomic E-state index is 12.0. The fourth-order valence-electron chi connectivity index (χ4n) is 0.781. The Kier molecular flexibility index (Phi) is 2.94. The van der Waals surface area contributed by atoms with Crippen LogP contribution in [-0.2, 0) is 6.18 Å². The van der Waals surface area contributed by atoms with Crippen LogP contribution in [0.15, 0.2) is 12.3 Å². The van der Waals surface area contributed by atoms with E-state index in [-0.39, 0.29) is 0 Å². The third kappa shape index (κ3) is 2.31. The first-order valence-corrected chi connectivity index (χ1v) is 3.71. The van der Waals surface area contributed by atoms with Gasteiger partial charge in [-0.1, -0.05) is 11.6 Å². The summed E-state index contributed by atoms with van der Waals surface area (Å²) in [5.74, 6) is 0. The van der Waals surface area contributed by atoms with Crippen LogP contribution in [0.1, 0.15) is 17.7 Å². The molecule has 0 spiro atoms. The van der Waals surface area contributed by atoms with Gasteiger partial charge in [-0.05, 0) is 6.07 Å². The summed E-state index contributed by atoms with van der Waals surface area (Å²) in [6.07, 6.45) is -7.15. The van der Waals surface area contributed by atoms with Crippen molar-refractivity contribution >= 4 is 11.6 Å². The van der Waals surface area contributed by atoms with E-state index in [1.54, 1.807) is 0 Å². The largest absolute Gasteiger partial charge is 0.434 e. The van der Waals surface area contributed by atoms with E-state index in [1.807, 2.05) is 0 Å². The zero-order chi connectivity index (χ0) is 10.9. The normalized spacial score (nSPS) is 12.2. The van der Waals surface area contributed by atoms with E-state index >= 15 is 0 Å². The Morgan fingerprint density at radius 3 is 2.21 bits per heavy atom. The minimum atomic E-state index is -4.72. The minimum Gasteiger partial charge on any atom is -0.250 e. The van der Waals surface area contributed by atoms with Crippen molar-refractivity contribution in [2.24, 2.45) is 0 Å². The fourth-order valence-corrected chi connectivity index (χ4v) is 1.06. The molecule has 0 amide bonds. The summed E-state index contributed by atoms with van der Waals surface area (Å²) >= 11 is 5.14. The van der Waals surface area contributed by atoms with Gasteiger partial charge in [0.1, 0.15) is 0 Å². The molecule has 1 aromatic rings. The summed E-state index contributed by atoms with van der Waals surface area (Å²) in [6, 6.07) is 0.558. The monoisotopic (exact) mass is 231 g/mol. The number of pyridine rings is 1. The van der Waals surface area contributed by atoms with Crippen molar-refractivity contribution in [2.75, 3.05) is 0 Å². The molecular weight excluding hydrogens is 229 g/mol. The number of halogens is 6. The van der Waals surface area contributed by atoms with Crippen molar-refractivity contribution < 1.29 is 22.0 Å². The Morgan fingerprint density at radius 2 is 1.86 bits per heavy atom. The lowest BCUT2D eigenvalue weighted by atomic mass is 10.2. The highest BCUT2D eigenvalue weighted by molar-refractivity contribution is 6.31. The Balaban J connectivity index is 3.15. The summed E-state index contributed by atoms with van der Waals surface area (Å²) < 4.78 is 60.1. The van der Waals surface area contributed by atoms with E-state index < -0.39 is 28.9 Å². The van der Waals surface area contributed by atoms with E-state index in [0.29, 0.717) is 12.3 Å². The van der Waals surface area contributed by atoms with Crippen molar-refractivity contribution in [3.63, 3.8) is 0 Å². The molecule has 7 heteroatoms. The van der Waals surface area contributed by atoms with Crippen LogP contribution >= 0.6 is 11.6 Å². The Morgan fingerprint density at radius 1 is 1.29 bits per heavy atom. The number of hydrogen-bond donors (Lipinski definition) is 0. The molecule has 1 nitrogen and oxygen atoms in total. The first-order chi connectivity index (χ1) is 6.32. The van der Waals surface area contributed by atoms with Crippen LogP contribution in [0.3, 0.4) is 0 Å². The predicted molar refractivity (Wildman–Crippen MR) is 39.2 cm³/mol. The van der Waals surface area contributed by atoms with Gasteiger partial charge in [0.15, 0.2) is 5.69 Å². The van der Waals surface area contributed by atoms with Gasteiger partial charge in [-0.25, -0.2) is 13.8 Å². The summed E-state index contributed by atoms with van der Waals surface area (Å²) in [6.45, 7) is 0. The van der Waals surface area contributed by atoms with Gasteiger partial charge in [0.2, 0.25) is 0 Å². The highest BCUT2D eigenvalue weighted by Crippen LogP contribution is 2.34. The van der Waals surface area contributed by atoms with Gasteiger partial charge in [-0.15, -0.1) is 0 Å². The molecule has 14 heavy (non-hydrogen) atoms. The lowest BCUT2D eigenvalue weighted by Gasteiger charge is -2.08. The van der Waals surface area contributed by atoms with E-state index in [2.05, 4.69) is 4.98 Å². The number of rotatable bonds is 1. The second-order valence-corrected chi connectivity index (χ2v) is 2.80. The number of alkyl halides is 5. The highest BCUT2D eigenvalue weighted by atomic mass is 35.5.